The Labute approximate surface area is 320 Å². The van der Waals surface area contributed by atoms with Crippen LogP contribution in [0.4, 0.5) is 0 Å². The Bertz CT molecular complexity index is 2020. The first-order valence-corrected chi connectivity index (χ1v) is 19.5. The topological polar surface area (TPSA) is 164 Å². The molecule has 0 aliphatic carbocycles. The average molecular weight is 750 g/mol. The summed E-state index contributed by atoms with van der Waals surface area (Å²) in [6.45, 7) is 5.26. The molecular formula is C43H51N5O7. The zero-order valence-corrected chi connectivity index (χ0v) is 31.2. The summed E-state index contributed by atoms with van der Waals surface area (Å²) in [5.41, 5.74) is 2.47. The van der Waals surface area contributed by atoms with E-state index >= 15 is 0 Å². The van der Waals surface area contributed by atoms with Crippen molar-refractivity contribution >= 4 is 28.7 Å². The van der Waals surface area contributed by atoms with Crippen molar-refractivity contribution in [2.75, 3.05) is 52.4 Å². The normalized spacial score (nSPS) is 20.9. The Morgan fingerprint density at radius 3 is 2.27 bits per heavy atom. The molecule has 0 spiro atoms. The first-order valence-electron chi connectivity index (χ1n) is 19.5. The summed E-state index contributed by atoms with van der Waals surface area (Å²) in [5.74, 6) is 0.140. The van der Waals surface area contributed by atoms with E-state index in [9.17, 15) is 29.4 Å². The molecule has 2 amide bonds. The average Bonchev–Trinajstić information content (AvgIpc) is 3.21. The largest absolute Gasteiger partial charge is 0.506 e. The van der Waals surface area contributed by atoms with Gasteiger partial charge in [-0.3, -0.25) is 24.1 Å². The van der Waals surface area contributed by atoms with Crippen molar-refractivity contribution in [3.05, 3.63) is 111 Å². The molecule has 0 radical (unpaired) electrons. The Balaban J connectivity index is 0.830. The number of aromatic amines is 1. The highest BCUT2D eigenvalue weighted by Gasteiger charge is 2.47. The fourth-order valence-electron chi connectivity index (χ4n) is 8.45. The van der Waals surface area contributed by atoms with Crippen molar-refractivity contribution in [2.45, 2.75) is 62.6 Å². The quantitative estimate of drug-likeness (QED) is 0.0962. The fraction of sp³-hybridized carbons (Fsp3) is 0.442. The number of amides is 2. The Kier molecular flexibility index (Phi) is 11.9. The lowest BCUT2D eigenvalue weighted by Crippen LogP contribution is -2.55. The minimum Gasteiger partial charge on any atom is -0.506 e. The predicted molar refractivity (Wildman–Crippen MR) is 209 cm³/mol. The molecule has 4 fully saturated rings. The van der Waals surface area contributed by atoms with E-state index in [1.54, 1.807) is 12.1 Å². The number of ether oxygens (including phenoxy) is 1. The third-order valence-electron chi connectivity index (χ3n) is 11.7. The second-order valence-corrected chi connectivity index (χ2v) is 15.3. The summed E-state index contributed by atoms with van der Waals surface area (Å²) in [6, 6.07) is 23.5. The summed E-state index contributed by atoms with van der Waals surface area (Å²) in [4.78, 5) is 58.5. The van der Waals surface area contributed by atoms with Crippen LogP contribution in [0.5, 0.6) is 5.75 Å². The number of carbonyl (C=O) groups excluding carboxylic acids is 3. The number of aliphatic hydroxyl groups excluding tert-OH is 1. The van der Waals surface area contributed by atoms with Crippen LogP contribution in [0.2, 0.25) is 0 Å². The molecule has 2 atom stereocenters. The van der Waals surface area contributed by atoms with Gasteiger partial charge in [-0.1, -0.05) is 60.7 Å². The van der Waals surface area contributed by atoms with Gasteiger partial charge in [0.25, 0.3) is 0 Å². The number of phenols is 1. The van der Waals surface area contributed by atoms with Gasteiger partial charge in [0.2, 0.25) is 17.4 Å². The molecule has 4 aliphatic rings. The number of fused-ring (bicyclic) bond motifs is 4. The van der Waals surface area contributed by atoms with Crippen molar-refractivity contribution < 1.29 is 29.3 Å². The van der Waals surface area contributed by atoms with Crippen molar-refractivity contribution in [3.8, 4) is 5.75 Å². The van der Waals surface area contributed by atoms with E-state index in [-0.39, 0.29) is 54.6 Å². The highest BCUT2D eigenvalue weighted by molar-refractivity contribution is 5.87. The minimum atomic E-state index is -0.851. The van der Waals surface area contributed by atoms with E-state index < -0.39 is 11.5 Å². The predicted octanol–water partition coefficient (Wildman–Crippen LogP) is 3.35. The van der Waals surface area contributed by atoms with Gasteiger partial charge in [-0.05, 0) is 92.0 Å². The molecule has 55 heavy (non-hydrogen) atoms. The molecule has 0 unspecified atom stereocenters. The number of phenolic OH excluding ortho intramolecular Hbond substituents is 1. The second kappa shape index (κ2) is 17.2. The lowest BCUT2D eigenvalue weighted by atomic mass is 9.72. The van der Waals surface area contributed by atoms with E-state index in [0.29, 0.717) is 67.8 Å². The molecule has 4 aromatic rings. The lowest BCUT2D eigenvalue weighted by Gasteiger charge is -2.46. The van der Waals surface area contributed by atoms with Crippen LogP contribution in [0.3, 0.4) is 0 Å². The first kappa shape index (κ1) is 38.2. The number of pyridine rings is 1. The van der Waals surface area contributed by atoms with Crippen molar-refractivity contribution in [2.24, 2.45) is 5.92 Å². The molecule has 5 heterocycles. The highest BCUT2D eigenvalue weighted by Crippen LogP contribution is 2.39. The smallest absolute Gasteiger partial charge is 0.317 e. The number of piperidine rings is 4. The van der Waals surface area contributed by atoms with Crippen LogP contribution in [0.1, 0.15) is 60.5 Å². The van der Waals surface area contributed by atoms with Crippen molar-refractivity contribution in [3.63, 3.8) is 0 Å². The first-order chi connectivity index (χ1) is 26.7. The molecule has 12 heteroatoms. The number of aromatic hydroxyl groups is 1. The Morgan fingerprint density at radius 1 is 0.873 bits per heavy atom. The number of hydrogen-bond donors (Lipinski definition) is 5. The van der Waals surface area contributed by atoms with Crippen LogP contribution < -0.4 is 16.2 Å². The molecule has 8 rings (SSSR count). The van der Waals surface area contributed by atoms with Crippen molar-refractivity contribution in [1.82, 2.24) is 25.4 Å². The molecule has 1 aromatic heterocycles. The third-order valence-corrected chi connectivity index (χ3v) is 11.7. The van der Waals surface area contributed by atoms with E-state index in [2.05, 4.69) is 20.5 Å². The Morgan fingerprint density at radius 2 is 1.58 bits per heavy atom. The number of aromatic nitrogens is 1. The molecule has 0 saturated carbocycles. The van der Waals surface area contributed by atoms with Gasteiger partial charge < -0.3 is 35.5 Å². The standard InChI is InChI=1S/C43H51N5O7/c49-35-13-11-33(34-12-14-38(51)46-41(34)35)36(50)27-44-19-4-20-45-39(52)25-29-7-9-30(10-8-29)26-40(53)48-23-17-43(18-24-48,32-5-2-1-3-6-32)42(54)55-37-28-47-21-15-31(37)16-22-47/h1-3,5-14,31,36-37,44,49-50H,4,15-28H2,(H,45,52)(H,46,51)/t36-,37-/m0/s1. The number of H-pyrrole nitrogens is 1. The summed E-state index contributed by atoms with van der Waals surface area (Å²) in [5, 5.41) is 27.5. The number of nitrogens with zero attached hydrogens (tertiary/aromatic N) is 2. The van der Waals surface area contributed by atoms with Crippen LogP contribution >= 0.6 is 0 Å². The van der Waals surface area contributed by atoms with Crippen LogP contribution in [0.15, 0.2) is 83.7 Å². The molecule has 4 aliphatic heterocycles. The highest BCUT2D eigenvalue weighted by atomic mass is 16.5. The van der Waals surface area contributed by atoms with Gasteiger partial charge in [0, 0.05) is 44.2 Å². The second-order valence-electron chi connectivity index (χ2n) is 15.3. The summed E-state index contributed by atoms with van der Waals surface area (Å²) in [6.07, 6.45) is 3.42. The number of hydrogen-bond acceptors (Lipinski definition) is 9. The van der Waals surface area contributed by atoms with Crippen molar-refractivity contribution in [1.29, 1.82) is 0 Å². The van der Waals surface area contributed by atoms with Gasteiger partial charge in [-0.15, -0.1) is 0 Å². The number of benzene rings is 3. The van der Waals surface area contributed by atoms with Gasteiger partial charge in [-0.2, -0.15) is 0 Å². The number of esters is 1. The summed E-state index contributed by atoms with van der Waals surface area (Å²) < 4.78 is 6.29. The maximum absolute atomic E-state index is 14.0. The summed E-state index contributed by atoms with van der Waals surface area (Å²) in [7, 11) is 0. The number of carbonyl (C=O) groups is 3. The molecule has 3 aromatic carbocycles. The van der Waals surface area contributed by atoms with E-state index in [1.165, 1.54) is 12.1 Å². The molecule has 5 N–H and O–H groups in total. The minimum absolute atomic E-state index is 0.0202. The van der Waals surface area contributed by atoms with Gasteiger partial charge in [0.15, 0.2) is 0 Å². The lowest BCUT2D eigenvalue weighted by molar-refractivity contribution is -0.168. The van der Waals surface area contributed by atoms with Crippen LogP contribution in [0.25, 0.3) is 10.9 Å². The monoisotopic (exact) mass is 749 g/mol. The van der Waals surface area contributed by atoms with Crippen LogP contribution in [-0.4, -0.2) is 101 Å². The van der Waals surface area contributed by atoms with Gasteiger partial charge in [0.05, 0.1) is 29.9 Å². The number of likely N-dealkylation sites (tertiary alicyclic amines) is 1. The molecule has 290 valence electrons. The van der Waals surface area contributed by atoms with E-state index in [4.69, 9.17) is 4.74 Å². The third kappa shape index (κ3) is 8.93. The van der Waals surface area contributed by atoms with Gasteiger partial charge >= 0.3 is 5.97 Å². The zero-order chi connectivity index (χ0) is 38.4. The number of aliphatic hydroxyl groups is 1. The molecule has 2 bridgehead atoms. The van der Waals surface area contributed by atoms with Gasteiger partial charge in [0.1, 0.15) is 11.9 Å². The van der Waals surface area contributed by atoms with Gasteiger partial charge in [-0.25, -0.2) is 0 Å². The molecule has 4 saturated heterocycles. The number of rotatable bonds is 14. The summed E-state index contributed by atoms with van der Waals surface area (Å²) >= 11 is 0. The molecule has 12 nitrogen and oxygen atoms in total. The Hall–Kier alpha value is -5.04. The molecular weight excluding hydrogens is 699 g/mol. The zero-order valence-electron chi connectivity index (χ0n) is 31.2. The van der Waals surface area contributed by atoms with E-state index in [0.717, 1.165) is 49.2 Å². The van der Waals surface area contributed by atoms with Crippen LogP contribution in [-0.2, 0) is 37.4 Å². The maximum Gasteiger partial charge on any atom is 0.317 e. The fourth-order valence-corrected chi connectivity index (χ4v) is 8.45. The number of nitrogens with one attached hydrogen (secondary N) is 3. The van der Waals surface area contributed by atoms with E-state index in [1.807, 2.05) is 59.5 Å². The van der Waals surface area contributed by atoms with Crippen LogP contribution in [0, 0.1) is 5.92 Å². The maximum atomic E-state index is 14.0. The SMILES string of the molecule is O=C(Cc1ccc(CC(=O)N2CCC(C(=O)O[C@H]3CN4CCC3CC4)(c3ccccc3)CC2)cc1)NCCCNC[C@H](O)c1ccc(O)c2[nH]c(=O)ccc12.